The molecule has 1 saturated heterocycles. The monoisotopic (exact) mass is 562 g/mol. The molecule has 1 aliphatic carbocycles. The highest BCUT2D eigenvalue weighted by Gasteiger charge is 2.58. The lowest BCUT2D eigenvalue weighted by molar-refractivity contribution is -0.138. The first-order valence-corrected chi connectivity index (χ1v) is 14.5. The predicted molar refractivity (Wildman–Crippen MR) is 147 cm³/mol. The van der Waals surface area contributed by atoms with Crippen LogP contribution >= 0.6 is 0 Å². The van der Waals surface area contributed by atoms with E-state index in [1.807, 2.05) is 6.92 Å². The second kappa shape index (κ2) is 12.7. The summed E-state index contributed by atoms with van der Waals surface area (Å²) in [6.45, 7) is 7.07. The molecule has 2 aliphatic rings. The van der Waals surface area contributed by atoms with Crippen molar-refractivity contribution in [3.8, 4) is 17.0 Å². The maximum atomic E-state index is 13.6. The van der Waals surface area contributed by atoms with Crippen LogP contribution in [0.1, 0.15) is 89.1 Å². The third-order valence-electron chi connectivity index (χ3n) is 8.70. The number of carbonyl (C=O) groups is 2. The van der Waals surface area contributed by atoms with Crippen LogP contribution in [0.4, 0.5) is 13.2 Å². The van der Waals surface area contributed by atoms with Gasteiger partial charge in [-0.05, 0) is 69.3 Å². The van der Waals surface area contributed by atoms with Crippen LogP contribution in [0, 0.1) is 11.3 Å². The van der Waals surface area contributed by atoms with Crippen LogP contribution in [0.25, 0.3) is 11.3 Å². The molecule has 1 amide bonds. The average Bonchev–Trinajstić information content (AvgIpc) is 3.42. The van der Waals surface area contributed by atoms with Crippen LogP contribution in [-0.2, 0) is 15.8 Å². The quantitative estimate of drug-likeness (QED) is 0.279. The van der Waals surface area contributed by atoms with Crippen molar-refractivity contribution >= 4 is 11.7 Å². The number of piperidine rings is 1. The van der Waals surface area contributed by atoms with Gasteiger partial charge in [0.25, 0.3) is 0 Å². The van der Waals surface area contributed by atoms with Crippen molar-refractivity contribution in [2.45, 2.75) is 83.9 Å². The van der Waals surface area contributed by atoms with E-state index in [4.69, 9.17) is 4.74 Å². The molecule has 220 valence electrons. The maximum Gasteiger partial charge on any atom is 0.419 e. The van der Waals surface area contributed by atoms with Gasteiger partial charge in [0.1, 0.15) is 17.4 Å². The predicted octanol–water partition coefficient (Wildman–Crippen LogP) is 6.31. The van der Waals surface area contributed by atoms with Gasteiger partial charge in [-0.25, -0.2) is 4.98 Å². The van der Waals surface area contributed by atoms with Crippen molar-refractivity contribution in [1.82, 2.24) is 20.2 Å². The van der Waals surface area contributed by atoms with Crippen LogP contribution < -0.4 is 10.1 Å². The molecule has 0 bridgehead atoms. The van der Waals surface area contributed by atoms with Gasteiger partial charge in [0.15, 0.2) is 0 Å². The lowest BCUT2D eigenvalue weighted by Crippen LogP contribution is -2.37. The van der Waals surface area contributed by atoms with Gasteiger partial charge in [-0.15, -0.1) is 0 Å². The topological polar surface area (TPSA) is 87.3 Å². The molecule has 4 rings (SSSR count). The Morgan fingerprint density at radius 3 is 2.60 bits per heavy atom. The summed E-state index contributed by atoms with van der Waals surface area (Å²) >= 11 is 0. The zero-order valence-corrected chi connectivity index (χ0v) is 23.7. The molecule has 40 heavy (non-hydrogen) atoms. The van der Waals surface area contributed by atoms with Crippen molar-refractivity contribution in [1.29, 1.82) is 0 Å². The second-order valence-electron chi connectivity index (χ2n) is 11.2. The zero-order chi connectivity index (χ0) is 28.9. The minimum atomic E-state index is -4.56. The van der Waals surface area contributed by atoms with Crippen molar-refractivity contribution in [3.05, 3.63) is 35.8 Å². The number of para-hydroxylation sites is 1. The molecule has 7 nitrogen and oxygen atoms in total. The number of ether oxygens (including phenoxy) is 1. The van der Waals surface area contributed by atoms with Crippen molar-refractivity contribution < 1.29 is 27.5 Å². The van der Waals surface area contributed by atoms with E-state index < -0.39 is 17.8 Å². The number of likely N-dealkylation sites (tertiary alicyclic amines) is 1. The highest BCUT2D eigenvalue weighted by atomic mass is 19.4. The van der Waals surface area contributed by atoms with Gasteiger partial charge in [-0.2, -0.15) is 13.2 Å². The van der Waals surface area contributed by atoms with Crippen LogP contribution in [0.5, 0.6) is 5.75 Å². The molecular weight excluding hydrogens is 521 g/mol. The number of aromatic nitrogens is 2. The Balaban J connectivity index is 1.49. The number of H-pyrrole nitrogens is 1. The largest absolute Gasteiger partial charge is 0.495 e. The lowest BCUT2D eigenvalue weighted by atomic mass is 9.90. The highest BCUT2D eigenvalue weighted by Crippen LogP contribution is 2.59. The van der Waals surface area contributed by atoms with Gasteiger partial charge in [0.05, 0.1) is 30.6 Å². The van der Waals surface area contributed by atoms with Crippen LogP contribution in [0.2, 0.25) is 0 Å². The van der Waals surface area contributed by atoms with E-state index in [1.54, 1.807) is 6.07 Å². The normalized spacial score (nSPS) is 19.4. The van der Waals surface area contributed by atoms with Crippen LogP contribution in [0.3, 0.4) is 0 Å². The third kappa shape index (κ3) is 6.87. The molecular formula is C30H41F3N4O3. The first kappa shape index (κ1) is 30.1. The van der Waals surface area contributed by atoms with E-state index in [-0.39, 0.29) is 34.3 Å². The number of ketones is 1. The summed E-state index contributed by atoms with van der Waals surface area (Å²) in [6, 6.07) is 3.48. The number of aromatic amines is 1. The Bertz CT molecular complexity index is 1170. The maximum absolute atomic E-state index is 13.6. The number of methoxy groups -OCH3 is 1. The number of alkyl halides is 3. The number of carbonyl (C=O) groups excluding carboxylic acids is 2. The summed E-state index contributed by atoms with van der Waals surface area (Å²) in [5, 5.41) is 3.21. The fraction of sp³-hybridized carbons (Fsp3) is 0.633. The number of nitrogens with zero attached hydrogens (tertiary/aromatic N) is 2. The molecule has 2 aromatic rings. The molecule has 1 saturated carbocycles. The number of rotatable bonds is 13. The lowest BCUT2D eigenvalue weighted by Gasteiger charge is -2.32. The van der Waals surface area contributed by atoms with E-state index in [2.05, 4.69) is 27.1 Å². The van der Waals surface area contributed by atoms with Gasteiger partial charge in [0.2, 0.25) is 5.91 Å². The zero-order valence-electron chi connectivity index (χ0n) is 23.7. The number of imidazole rings is 1. The average molecular weight is 563 g/mol. The smallest absolute Gasteiger partial charge is 0.419 e. The number of unbranched alkanes of at least 4 members (excludes halogenated alkanes) is 2. The number of amides is 1. The molecule has 1 aliphatic heterocycles. The molecule has 0 radical (unpaired) electrons. The van der Waals surface area contributed by atoms with Crippen LogP contribution in [-0.4, -0.2) is 53.3 Å². The summed E-state index contributed by atoms with van der Waals surface area (Å²) in [7, 11) is 1.22. The Kier molecular flexibility index (Phi) is 9.59. The molecule has 2 N–H and O–H groups in total. The van der Waals surface area contributed by atoms with Crippen LogP contribution in [0.15, 0.2) is 24.4 Å². The van der Waals surface area contributed by atoms with E-state index in [9.17, 15) is 22.8 Å². The van der Waals surface area contributed by atoms with E-state index in [0.717, 1.165) is 64.2 Å². The summed E-state index contributed by atoms with van der Waals surface area (Å²) in [5.41, 5.74) is -0.132. The van der Waals surface area contributed by atoms with Gasteiger partial charge >= 0.3 is 6.18 Å². The minimum absolute atomic E-state index is 0.0192. The van der Waals surface area contributed by atoms with E-state index in [0.29, 0.717) is 30.8 Å². The fourth-order valence-electron chi connectivity index (χ4n) is 6.00. The van der Waals surface area contributed by atoms with E-state index in [1.165, 1.54) is 19.4 Å². The first-order valence-electron chi connectivity index (χ1n) is 14.5. The number of hydrogen-bond acceptors (Lipinski definition) is 5. The number of benzene rings is 1. The molecule has 10 heteroatoms. The summed E-state index contributed by atoms with van der Waals surface area (Å²) in [5.74, 6) is 0.469. The second-order valence-corrected chi connectivity index (χ2v) is 11.2. The van der Waals surface area contributed by atoms with Crippen molar-refractivity contribution in [2.75, 3.05) is 26.7 Å². The SMILES string of the molecule is CCC(=O)CCCCC[C@H](NC(=O)[C@H]1CC12CCN(CC)CC2)c1ncc(-c2cccc(C(F)(F)F)c2OC)[nH]1. The minimum Gasteiger partial charge on any atom is -0.495 e. The van der Waals surface area contributed by atoms with Crippen molar-refractivity contribution in [3.63, 3.8) is 0 Å². The number of hydrogen-bond donors (Lipinski definition) is 2. The van der Waals surface area contributed by atoms with E-state index >= 15 is 0 Å². The Morgan fingerprint density at radius 2 is 1.95 bits per heavy atom. The van der Waals surface area contributed by atoms with Gasteiger partial charge in [-0.3, -0.25) is 9.59 Å². The molecule has 2 atom stereocenters. The Hall–Kier alpha value is -2.88. The summed E-state index contributed by atoms with van der Waals surface area (Å²) in [4.78, 5) is 35.1. The molecule has 2 heterocycles. The fourth-order valence-corrected chi connectivity index (χ4v) is 6.00. The number of Topliss-reactive ketones (excluding diaryl/α,β-unsaturated/α-hetero) is 1. The highest BCUT2D eigenvalue weighted by molar-refractivity contribution is 5.83. The molecule has 2 fully saturated rings. The summed E-state index contributed by atoms with van der Waals surface area (Å²) < 4.78 is 45.9. The Labute approximate surface area is 234 Å². The van der Waals surface area contributed by atoms with Crippen molar-refractivity contribution in [2.24, 2.45) is 11.3 Å². The van der Waals surface area contributed by atoms with Gasteiger partial charge in [-0.1, -0.05) is 32.8 Å². The van der Waals surface area contributed by atoms with Gasteiger partial charge in [0, 0.05) is 24.3 Å². The Morgan fingerprint density at radius 1 is 1.20 bits per heavy atom. The number of halogens is 3. The summed E-state index contributed by atoms with van der Waals surface area (Å²) in [6.07, 6.45) is 3.98. The standard InChI is InChI=1S/C30H41F3N4O3/c1-4-20(38)10-7-6-8-13-24(36-28(39)23-18-29(23)14-16-37(5-2)17-15-29)27-34-19-25(35-27)21-11-9-12-22(26(21)40-3)30(31,32)33/h9,11-12,19,23-24H,4-8,10,13-18H2,1-3H3,(H,34,35)(H,36,39)/t23-,24+/m1/s1. The first-order chi connectivity index (χ1) is 19.1. The molecule has 0 unspecified atom stereocenters. The molecule has 1 aromatic carbocycles. The third-order valence-corrected chi connectivity index (χ3v) is 8.70. The van der Waals surface area contributed by atoms with Gasteiger partial charge < -0.3 is 19.9 Å². The molecule has 1 spiro atoms. The number of nitrogens with one attached hydrogen (secondary N) is 2. The molecule has 1 aromatic heterocycles.